The predicted octanol–water partition coefficient (Wildman–Crippen LogP) is 2.97. The first kappa shape index (κ1) is 14.4. The van der Waals surface area contributed by atoms with Crippen molar-refractivity contribution in [2.24, 2.45) is 0 Å². The molecule has 0 saturated heterocycles. The summed E-state index contributed by atoms with van der Waals surface area (Å²) in [5, 5.41) is 1.88. The number of halogens is 6. The Balaban J connectivity index is 2.60. The van der Waals surface area contributed by atoms with E-state index in [-0.39, 0.29) is 4.47 Å². The molecule has 0 atom stereocenters. The molecular weight excluding hydrogens is 353 g/mol. The first-order valence-corrected chi connectivity index (χ1v) is 5.65. The summed E-state index contributed by atoms with van der Waals surface area (Å²) in [6.45, 7) is 0. The highest BCUT2D eigenvalue weighted by Gasteiger charge is 2.26. The minimum atomic E-state index is -2.27. The molecule has 2 rings (SSSR count). The Morgan fingerprint density at radius 3 is 2.05 bits per heavy atom. The lowest BCUT2D eigenvalue weighted by Gasteiger charge is -2.10. The van der Waals surface area contributed by atoms with Gasteiger partial charge in [-0.3, -0.25) is 4.79 Å². The third-order valence-corrected chi connectivity index (χ3v) is 2.99. The van der Waals surface area contributed by atoms with Crippen molar-refractivity contribution in [2.45, 2.75) is 0 Å². The fraction of sp³-hybridized carbons (Fsp3) is 0. The number of nitrogens with one attached hydrogen (secondary N) is 2. The highest BCUT2D eigenvalue weighted by molar-refractivity contribution is 9.10. The van der Waals surface area contributed by atoms with Gasteiger partial charge in [0, 0.05) is 0 Å². The zero-order valence-electron chi connectivity index (χ0n) is 9.20. The van der Waals surface area contributed by atoms with Gasteiger partial charge in [0.1, 0.15) is 10.2 Å². The first-order valence-electron chi connectivity index (χ1n) is 4.86. The Labute approximate surface area is 115 Å². The molecule has 0 saturated carbocycles. The van der Waals surface area contributed by atoms with Gasteiger partial charge in [0.05, 0.1) is 6.33 Å². The van der Waals surface area contributed by atoms with Gasteiger partial charge in [0.25, 0.3) is 5.56 Å². The number of hydrogen-bond donors (Lipinski definition) is 2. The number of aromatic nitrogens is 2. The number of aromatic amines is 1. The van der Waals surface area contributed by atoms with Gasteiger partial charge in [-0.25, -0.2) is 26.9 Å². The molecule has 0 fully saturated rings. The van der Waals surface area contributed by atoms with Crippen molar-refractivity contribution in [3.05, 3.63) is 50.2 Å². The highest BCUT2D eigenvalue weighted by atomic mass is 79.9. The monoisotopic (exact) mass is 355 g/mol. The second kappa shape index (κ2) is 5.19. The molecule has 0 amide bonds. The van der Waals surface area contributed by atoms with E-state index in [9.17, 15) is 26.7 Å². The van der Waals surface area contributed by atoms with Crippen molar-refractivity contribution in [2.75, 3.05) is 5.32 Å². The Bertz CT molecular complexity index is 719. The summed E-state index contributed by atoms with van der Waals surface area (Å²) in [4.78, 5) is 16.9. The van der Waals surface area contributed by atoms with Gasteiger partial charge < -0.3 is 10.3 Å². The smallest absolute Gasteiger partial charge is 0.267 e. The molecule has 10 heteroatoms. The minimum absolute atomic E-state index is 0.260. The van der Waals surface area contributed by atoms with Crippen molar-refractivity contribution >= 4 is 27.4 Å². The largest absolute Gasteiger partial charge is 0.334 e. The van der Waals surface area contributed by atoms with E-state index in [0.29, 0.717) is 0 Å². The summed E-state index contributed by atoms with van der Waals surface area (Å²) in [6, 6.07) is 0. The summed E-state index contributed by atoms with van der Waals surface area (Å²) in [5.74, 6) is -11.0. The summed E-state index contributed by atoms with van der Waals surface area (Å²) in [7, 11) is 0. The zero-order valence-corrected chi connectivity index (χ0v) is 10.8. The SMILES string of the molecule is O=c1[nH]cnc(Nc2c(F)c(F)c(F)c(F)c2F)c1Br. The van der Waals surface area contributed by atoms with Crippen LogP contribution in [0.15, 0.2) is 15.6 Å². The Morgan fingerprint density at radius 2 is 1.50 bits per heavy atom. The second-order valence-electron chi connectivity index (χ2n) is 3.46. The molecule has 0 radical (unpaired) electrons. The molecule has 0 bridgehead atoms. The molecule has 0 aliphatic heterocycles. The van der Waals surface area contributed by atoms with E-state index in [2.05, 4.69) is 25.9 Å². The van der Waals surface area contributed by atoms with E-state index in [1.807, 2.05) is 5.32 Å². The van der Waals surface area contributed by atoms with Crippen LogP contribution >= 0.6 is 15.9 Å². The van der Waals surface area contributed by atoms with Crippen LogP contribution in [-0.4, -0.2) is 9.97 Å². The number of anilines is 2. The van der Waals surface area contributed by atoms with E-state index in [1.54, 1.807) is 0 Å². The lowest BCUT2D eigenvalue weighted by atomic mass is 10.2. The van der Waals surface area contributed by atoms with E-state index < -0.39 is 46.2 Å². The van der Waals surface area contributed by atoms with Gasteiger partial charge >= 0.3 is 0 Å². The third kappa shape index (κ3) is 2.26. The first-order chi connectivity index (χ1) is 9.34. The average Bonchev–Trinajstić information content (AvgIpc) is 2.43. The molecule has 1 aromatic carbocycles. The summed E-state index contributed by atoms with van der Waals surface area (Å²) < 4.78 is 65.4. The van der Waals surface area contributed by atoms with E-state index >= 15 is 0 Å². The van der Waals surface area contributed by atoms with Gasteiger partial charge in [-0.1, -0.05) is 0 Å². The van der Waals surface area contributed by atoms with Gasteiger partial charge in [-0.2, -0.15) is 0 Å². The molecule has 0 aliphatic rings. The molecular formula is C10H3BrF5N3O. The van der Waals surface area contributed by atoms with Crippen LogP contribution in [0.2, 0.25) is 0 Å². The number of nitrogens with zero attached hydrogens (tertiary/aromatic N) is 1. The van der Waals surface area contributed by atoms with Gasteiger partial charge in [0.2, 0.25) is 5.82 Å². The minimum Gasteiger partial charge on any atom is -0.334 e. The fourth-order valence-electron chi connectivity index (χ4n) is 1.30. The number of benzene rings is 1. The maximum absolute atomic E-state index is 13.4. The van der Waals surface area contributed by atoms with Gasteiger partial charge in [-0.15, -0.1) is 0 Å². The molecule has 1 aromatic heterocycles. The molecule has 106 valence electrons. The van der Waals surface area contributed by atoms with Crippen LogP contribution in [0.4, 0.5) is 33.5 Å². The maximum atomic E-state index is 13.4. The standard InChI is InChI=1S/C10H3BrF5N3O/c11-2-9(17-1-18-10(2)20)19-8-6(15)4(13)3(12)5(14)7(8)16/h1H,(H2,17,18,19,20). The van der Waals surface area contributed by atoms with Crippen molar-refractivity contribution in [1.29, 1.82) is 0 Å². The fourth-order valence-corrected chi connectivity index (χ4v) is 1.62. The van der Waals surface area contributed by atoms with Crippen molar-refractivity contribution in [3.8, 4) is 0 Å². The molecule has 0 unspecified atom stereocenters. The van der Waals surface area contributed by atoms with Crippen LogP contribution < -0.4 is 10.9 Å². The Hall–Kier alpha value is -1.97. The van der Waals surface area contributed by atoms with Gasteiger partial charge in [-0.05, 0) is 15.9 Å². The van der Waals surface area contributed by atoms with Crippen molar-refractivity contribution < 1.29 is 22.0 Å². The molecule has 2 N–H and O–H groups in total. The summed E-state index contributed by atoms with van der Waals surface area (Å²) >= 11 is 2.76. The van der Waals surface area contributed by atoms with Crippen LogP contribution in [0, 0.1) is 29.1 Å². The Morgan fingerprint density at radius 1 is 1.00 bits per heavy atom. The van der Waals surface area contributed by atoms with E-state index in [4.69, 9.17) is 0 Å². The normalized spacial score (nSPS) is 10.7. The maximum Gasteiger partial charge on any atom is 0.267 e. The zero-order chi connectivity index (χ0) is 15.0. The number of hydrogen-bond acceptors (Lipinski definition) is 3. The number of rotatable bonds is 2. The molecule has 4 nitrogen and oxygen atoms in total. The predicted molar refractivity (Wildman–Crippen MR) is 62.1 cm³/mol. The van der Waals surface area contributed by atoms with Crippen LogP contribution in [-0.2, 0) is 0 Å². The highest BCUT2D eigenvalue weighted by Crippen LogP contribution is 2.30. The third-order valence-electron chi connectivity index (χ3n) is 2.25. The van der Waals surface area contributed by atoms with Crippen LogP contribution in [0.3, 0.4) is 0 Å². The lowest BCUT2D eigenvalue weighted by molar-refractivity contribution is 0.382. The molecule has 0 aliphatic carbocycles. The summed E-state index contributed by atoms with van der Waals surface area (Å²) in [5.41, 5.74) is -2.01. The van der Waals surface area contributed by atoms with Crippen LogP contribution in [0.1, 0.15) is 0 Å². The van der Waals surface area contributed by atoms with Crippen LogP contribution in [0.25, 0.3) is 0 Å². The molecule has 0 spiro atoms. The molecule has 20 heavy (non-hydrogen) atoms. The van der Waals surface area contributed by atoms with Crippen LogP contribution in [0.5, 0.6) is 0 Å². The molecule has 1 heterocycles. The van der Waals surface area contributed by atoms with Crippen molar-refractivity contribution in [1.82, 2.24) is 9.97 Å². The van der Waals surface area contributed by atoms with E-state index in [0.717, 1.165) is 6.33 Å². The van der Waals surface area contributed by atoms with Gasteiger partial charge in [0.15, 0.2) is 29.1 Å². The summed E-state index contributed by atoms with van der Waals surface area (Å²) in [6.07, 6.45) is 0.890. The number of H-pyrrole nitrogens is 1. The average molecular weight is 356 g/mol. The van der Waals surface area contributed by atoms with E-state index in [1.165, 1.54) is 0 Å². The Kier molecular flexibility index (Phi) is 3.75. The lowest BCUT2D eigenvalue weighted by Crippen LogP contribution is -2.12. The second-order valence-corrected chi connectivity index (χ2v) is 4.26. The topological polar surface area (TPSA) is 57.8 Å². The van der Waals surface area contributed by atoms with Crippen molar-refractivity contribution in [3.63, 3.8) is 0 Å². The quantitative estimate of drug-likeness (QED) is 0.494. The molecule has 2 aromatic rings.